The normalized spacial score (nSPS) is 11.1. The van der Waals surface area contributed by atoms with Gasteiger partial charge in [-0.15, -0.1) is 0 Å². The van der Waals surface area contributed by atoms with Crippen LogP contribution in [0.5, 0.6) is 0 Å². The van der Waals surface area contributed by atoms with Crippen LogP contribution < -0.4 is 16.8 Å². The van der Waals surface area contributed by atoms with Crippen LogP contribution in [-0.4, -0.2) is 11.4 Å². The van der Waals surface area contributed by atoms with E-state index in [1.54, 1.807) is 19.9 Å². The van der Waals surface area contributed by atoms with Crippen LogP contribution in [0, 0.1) is 5.82 Å². The number of hydrogen-bond acceptors (Lipinski definition) is 3. The zero-order valence-corrected chi connectivity index (χ0v) is 8.67. The molecule has 15 heavy (non-hydrogen) atoms. The van der Waals surface area contributed by atoms with Crippen LogP contribution in [0.2, 0.25) is 0 Å². The van der Waals surface area contributed by atoms with Crippen molar-refractivity contribution >= 4 is 17.3 Å². The number of halogens is 1. The molecule has 5 heteroatoms. The van der Waals surface area contributed by atoms with Gasteiger partial charge in [0.25, 0.3) is 0 Å². The molecular formula is C10H14FN3O. The molecule has 1 amide bonds. The van der Waals surface area contributed by atoms with Crippen molar-refractivity contribution in [2.75, 3.05) is 11.1 Å². The molecule has 1 rings (SSSR count). The van der Waals surface area contributed by atoms with Crippen LogP contribution >= 0.6 is 0 Å². The van der Waals surface area contributed by atoms with Crippen molar-refractivity contribution in [3.8, 4) is 0 Å². The Morgan fingerprint density at radius 2 is 2.07 bits per heavy atom. The molecule has 0 fully saturated rings. The third-order valence-corrected chi connectivity index (χ3v) is 2.12. The first kappa shape index (κ1) is 11.3. The van der Waals surface area contributed by atoms with E-state index in [-0.39, 0.29) is 5.69 Å². The van der Waals surface area contributed by atoms with Crippen molar-refractivity contribution in [2.45, 2.75) is 19.4 Å². The van der Waals surface area contributed by atoms with E-state index in [9.17, 15) is 9.18 Å². The van der Waals surface area contributed by atoms with Gasteiger partial charge in [0.05, 0.1) is 11.4 Å². The summed E-state index contributed by atoms with van der Waals surface area (Å²) < 4.78 is 13.1. The van der Waals surface area contributed by atoms with Gasteiger partial charge in [-0.3, -0.25) is 4.79 Å². The standard InChI is InChI=1S/C10H14FN3O/c1-10(2,9(13)15)14-7-5-3-4-6(11)8(7)12/h3-5,14H,12H2,1-2H3,(H2,13,15). The summed E-state index contributed by atoms with van der Waals surface area (Å²) in [4.78, 5) is 11.0. The fourth-order valence-corrected chi connectivity index (χ4v) is 1.04. The van der Waals surface area contributed by atoms with Gasteiger partial charge in [0.2, 0.25) is 5.91 Å². The number of amides is 1. The number of carbonyl (C=O) groups is 1. The van der Waals surface area contributed by atoms with Gasteiger partial charge in [-0.1, -0.05) is 6.07 Å². The van der Waals surface area contributed by atoms with Crippen LogP contribution in [-0.2, 0) is 4.79 Å². The van der Waals surface area contributed by atoms with Crippen LogP contribution in [0.3, 0.4) is 0 Å². The summed E-state index contributed by atoms with van der Waals surface area (Å²) in [5.74, 6) is -1.06. The Balaban J connectivity index is 3.00. The Bertz CT molecular complexity index is 390. The number of nitrogens with one attached hydrogen (secondary N) is 1. The van der Waals surface area contributed by atoms with Gasteiger partial charge in [-0.05, 0) is 26.0 Å². The summed E-state index contributed by atoms with van der Waals surface area (Å²) >= 11 is 0. The lowest BCUT2D eigenvalue weighted by atomic mass is 10.0. The van der Waals surface area contributed by atoms with Crippen LogP contribution in [0.4, 0.5) is 15.8 Å². The lowest BCUT2D eigenvalue weighted by Gasteiger charge is -2.24. The Kier molecular flexibility index (Phi) is 2.83. The van der Waals surface area contributed by atoms with Crippen LogP contribution in [0.25, 0.3) is 0 Å². The first-order valence-electron chi connectivity index (χ1n) is 4.46. The zero-order chi connectivity index (χ0) is 11.6. The van der Waals surface area contributed by atoms with E-state index in [4.69, 9.17) is 11.5 Å². The number of carbonyl (C=O) groups excluding carboxylic acids is 1. The molecular weight excluding hydrogens is 197 g/mol. The van der Waals surface area contributed by atoms with Gasteiger partial charge in [0, 0.05) is 0 Å². The molecule has 0 radical (unpaired) electrons. The molecule has 82 valence electrons. The van der Waals surface area contributed by atoms with E-state index >= 15 is 0 Å². The minimum Gasteiger partial charge on any atom is -0.395 e. The molecule has 0 unspecified atom stereocenters. The molecule has 0 aliphatic rings. The van der Waals surface area contributed by atoms with Gasteiger partial charge >= 0.3 is 0 Å². The molecule has 0 spiro atoms. The minimum atomic E-state index is -0.970. The third kappa shape index (κ3) is 2.37. The molecule has 1 aromatic rings. The summed E-state index contributed by atoms with van der Waals surface area (Å²) in [6.07, 6.45) is 0. The lowest BCUT2D eigenvalue weighted by Crippen LogP contribution is -2.45. The smallest absolute Gasteiger partial charge is 0.242 e. The molecule has 0 aromatic heterocycles. The highest BCUT2D eigenvalue weighted by molar-refractivity contribution is 5.88. The Labute approximate surface area is 87.4 Å². The molecule has 0 aliphatic heterocycles. The number of anilines is 2. The van der Waals surface area contributed by atoms with Crippen molar-refractivity contribution in [2.24, 2.45) is 5.73 Å². The predicted octanol–water partition coefficient (Wildman–Crippen LogP) is 1.08. The highest BCUT2D eigenvalue weighted by atomic mass is 19.1. The van der Waals surface area contributed by atoms with E-state index in [1.165, 1.54) is 12.1 Å². The molecule has 0 heterocycles. The fraction of sp³-hybridized carbons (Fsp3) is 0.300. The Morgan fingerprint density at radius 3 is 2.60 bits per heavy atom. The molecule has 1 aromatic carbocycles. The fourth-order valence-electron chi connectivity index (χ4n) is 1.04. The number of rotatable bonds is 3. The van der Waals surface area contributed by atoms with Crippen molar-refractivity contribution in [1.29, 1.82) is 0 Å². The minimum absolute atomic E-state index is 0.0215. The van der Waals surface area contributed by atoms with E-state index in [2.05, 4.69) is 5.32 Å². The van der Waals surface area contributed by atoms with Crippen molar-refractivity contribution in [3.63, 3.8) is 0 Å². The molecule has 0 saturated carbocycles. The molecule has 5 N–H and O–H groups in total. The summed E-state index contributed by atoms with van der Waals surface area (Å²) in [6.45, 7) is 3.19. The van der Waals surface area contributed by atoms with E-state index in [0.717, 1.165) is 0 Å². The molecule has 0 bridgehead atoms. The number of hydrogen-bond donors (Lipinski definition) is 3. The summed E-state index contributed by atoms with van der Waals surface area (Å²) in [5, 5.41) is 2.79. The maximum atomic E-state index is 13.1. The largest absolute Gasteiger partial charge is 0.395 e. The first-order chi connectivity index (χ1) is 6.84. The number of benzene rings is 1. The average molecular weight is 211 g/mol. The van der Waals surface area contributed by atoms with Gasteiger partial charge in [0.15, 0.2) is 0 Å². The number of nitrogens with two attached hydrogens (primary N) is 2. The van der Waals surface area contributed by atoms with Gasteiger partial charge < -0.3 is 16.8 Å². The third-order valence-electron chi connectivity index (χ3n) is 2.12. The second-order valence-corrected chi connectivity index (χ2v) is 3.82. The van der Waals surface area contributed by atoms with Crippen LogP contribution in [0.15, 0.2) is 18.2 Å². The van der Waals surface area contributed by atoms with Crippen LogP contribution in [0.1, 0.15) is 13.8 Å². The Hall–Kier alpha value is -1.78. The first-order valence-corrected chi connectivity index (χ1v) is 4.46. The van der Waals surface area contributed by atoms with Gasteiger partial charge in [0.1, 0.15) is 11.4 Å². The Morgan fingerprint density at radius 1 is 1.47 bits per heavy atom. The second kappa shape index (κ2) is 3.76. The zero-order valence-electron chi connectivity index (χ0n) is 8.67. The van der Waals surface area contributed by atoms with Crippen molar-refractivity contribution in [1.82, 2.24) is 0 Å². The lowest BCUT2D eigenvalue weighted by molar-refractivity contribution is -0.121. The maximum Gasteiger partial charge on any atom is 0.242 e. The SMILES string of the molecule is CC(C)(Nc1cccc(F)c1N)C(N)=O. The number of nitrogen functional groups attached to an aromatic ring is 1. The summed E-state index contributed by atoms with van der Waals surface area (Å²) in [7, 11) is 0. The van der Waals surface area contributed by atoms with Crippen molar-refractivity contribution < 1.29 is 9.18 Å². The molecule has 0 saturated heterocycles. The quantitative estimate of drug-likeness (QED) is 0.654. The topological polar surface area (TPSA) is 81.1 Å². The summed E-state index contributed by atoms with van der Waals surface area (Å²) in [5.41, 5.74) is 10.0. The van der Waals surface area contributed by atoms with Gasteiger partial charge in [-0.25, -0.2) is 4.39 Å². The predicted molar refractivity (Wildman–Crippen MR) is 57.7 cm³/mol. The van der Waals surface area contributed by atoms with E-state index in [1.807, 2.05) is 0 Å². The second-order valence-electron chi connectivity index (χ2n) is 3.82. The summed E-state index contributed by atoms with van der Waals surface area (Å²) in [6, 6.07) is 4.34. The average Bonchev–Trinajstić information content (AvgIpc) is 2.12. The number of primary amides is 1. The molecule has 0 atom stereocenters. The maximum absolute atomic E-state index is 13.1. The number of para-hydroxylation sites is 1. The van der Waals surface area contributed by atoms with E-state index in [0.29, 0.717) is 5.69 Å². The van der Waals surface area contributed by atoms with Gasteiger partial charge in [-0.2, -0.15) is 0 Å². The van der Waals surface area contributed by atoms with Crippen molar-refractivity contribution in [3.05, 3.63) is 24.0 Å². The molecule has 0 aliphatic carbocycles. The van der Waals surface area contributed by atoms with E-state index < -0.39 is 17.3 Å². The highest BCUT2D eigenvalue weighted by Crippen LogP contribution is 2.24. The monoisotopic (exact) mass is 211 g/mol. The molecule has 4 nitrogen and oxygen atoms in total. The highest BCUT2D eigenvalue weighted by Gasteiger charge is 2.25.